The lowest BCUT2D eigenvalue weighted by molar-refractivity contribution is -0.118. The number of carbonyl (C=O) groups excluding carboxylic acids is 1. The lowest BCUT2D eigenvalue weighted by atomic mass is 10.1. The molecule has 0 saturated carbocycles. The Kier molecular flexibility index (Phi) is 7.54. The third-order valence-electron chi connectivity index (χ3n) is 5.36. The van der Waals surface area contributed by atoms with Gasteiger partial charge in [0.1, 0.15) is 0 Å². The highest BCUT2D eigenvalue weighted by Gasteiger charge is 2.17. The fourth-order valence-electron chi connectivity index (χ4n) is 3.36. The van der Waals surface area contributed by atoms with E-state index in [2.05, 4.69) is 77.9 Å². The number of aromatic nitrogens is 3. The van der Waals surface area contributed by atoms with Gasteiger partial charge in [0.2, 0.25) is 0 Å². The second-order valence-corrected chi connectivity index (χ2v) is 8.96. The molecule has 1 aromatic heterocycles. The molecule has 4 aromatic rings. The van der Waals surface area contributed by atoms with E-state index in [1.807, 2.05) is 41.0 Å². The van der Waals surface area contributed by atoms with Crippen LogP contribution in [0.5, 0.6) is 0 Å². The summed E-state index contributed by atoms with van der Waals surface area (Å²) in [6.07, 6.45) is 2.64. The van der Waals surface area contributed by atoms with Crippen LogP contribution < -0.4 is 5.43 Å². The average molecular weight is 470 g/mol. The van der Waals surface area contributed by atoms with Crippen molar-refractivity contribution in [2.24, 2.45) is 5.10 Å². The van der Waals surface area contributed by atoms with Gasteiger partial charge in [-0.2, -0.15) is 5.10 Å². The van der Waals surface area contributed by atoms with Gasteiger partial charge < -0.3 is 0 Å². The van der Waals surface area contributed by atoms with Gasteiger partial charge in [-0.15, -0.1) is 10.2 Å². The maximum absolute atomic E-state index is 12.4. The van der Waals surface area contributed by atoms with Crippen molar-refractivity contribution in [2.75, 3.05) is 5.75 Å². The highest BCUT2D eigenvalue weighted by Crippen LogP contribution is 2.28. The molecular formula is C27H27N5OS. The summed E-state index contributed by atoms with van der Waals surface area (Å²) >= 11 is 1.33. The minimum atomic E-state index is -0.207. The number of rotatable bonds is 8. The molecule has 0 atom stereocenters. The normalized spacial score (nSPS) is 11.1. The van der Waals surface area contributed by atoms with Crippen LogP contribution >= 0.6 is 11.8 Å². The van der Waals surface area contributed by atoms with E-state index in [4.69, 9.17) is 0 Å². The van der Waals surface area contributed by atoms with E-state index < -0.39 is 0 Å². The zero-order chi connectivity index (χ0) is 23.9. The van der Waals surface area contributed by atoms with E-state index in [9.17, 15) is 4.79 Å². The van der Waals surface area contributed by atoms with Crippen LogP contribution in [-0.2, 0) is 11.2 Å². The van der Waals surface area contributed by atoms with Gasteiger partial charge in [-0.25, -0.2) is 5.43 Å². The minimum absolute atomic E-state index is 0.171. The highest BCUT2D eigenvalue weighted by atomic mass is 32.2. The van der Waals surface area contributed by atoms with Crippen molar-refractivity contribution in [3.63, 3.8) is 0 Å². The number of hydrogen-bond donors (Lipinski definition) is 1. The van der Waals surface area contributed by atoms with E-state index in [-0.39, 0.29) is 11.7 Å². The molecule has 0 aliphatic carbocycles. The fourth-order valence-corrected chi connectivity index (χ4v) is 4.10. The standard InChI is InChI=1S/C27H27N5OS/c1-4-21-9-11-22(12-10-21)17-28-29-25(33)18-34-27-31-30-26(23-13-5-19(2)6-14-23)32(27)24-15-7-20(3)8-16-24/h5-17H,4,18H2,1-3H3,(H,29,33). The van der Waals surface area contributed by atoms with Gasteiger partial charge in [-0.3, -0.25) is 9.36 Å². The van der Waals surface area contributed by atoms with Crippen molar-refractivity contribution in [1.82, 2.24) is 20.2 Å². The quantitative estimate of drug-likeness (QED) is 0.214. The number of hydrogen-bond acceptors (Lipinski definition) is 5. The molecule has 0 aliphatic rings. The van der Waals surface area contributed by atoms with Gasteiger partial charge in [0.05, 0.1) is 12.0 Å². The molecule has 0 spiro atoms. The lowest BCUT2D eigenvalue weighted by Gasteiger charge is -2.11. The first-order valence-electron chi connectivity index (χ1n) is 11.2. The summed E-state index contributed by atoms with van der Waals surface area (Å²) < 4.78 is 1.99. The van der Waals surface area contributed by atoms with Gasteiger partial charge in [-0.1, -0.05) is 90.5 Å². The molecule has 0 bridgehead atoms. The van der Waals surface area contributed by atoms with Gasteiger partial charge in [0, 0.05) is 11.3 Å². The Morgan fingerprint density at radius 3 is 2.24 bits per heavy atom. The van der Waals surface area contributed by atoms with Crippen molar-refractivity contribution in [3.05, 3.63) is 95.1 Å². The molecular weight excluding hydrogens is 442 g/mol. The average Bonchev–Trinajstić information content (AvgIpc) is 3.28. The van der Waals surface area contributed by atoms with E-state index in [0.717, 1.165) is 29.1 Å². The Labute approximate surface area is 204 Å². The second kappa shape index (κ2) is 10.9. The van der Waals surface area contributed by atoms with Crippen molar-refractivity contribution in [1.29, 1.82) is 0 Å². The molecule has 1 N–H and O–H groups in total. The maximum atomic E-state index is 12.4. The predicted octanol–water partition coefficient (Wildman–Crippen LogP) is 5.36. The topological polar surface area (TPSA) is 72.2 Å². The maximum Gasteiger partial charge on any atom is 0.250 e. The number of carbonyl (C=O) groups is 1. The molecule has 7 heteroatoms. The zero-order valence-corrected chi connectivity index (χ0v) is 20.3. The van der Waals surface area contributed by atoms with Crippen molar-refractivity contribution in [2.45, 2.75) is 32.3 Å². The Morgan fingerprint density at radius 1 is 0.941 bits per heavy atom. The number of nitrogens with one attached hydrogen (secondary N) is 1. The zero-order valence-electron chi connectivity index (χ0n) is 19.5. The summed E-state index contributed by atoms with van der Waals surface area (Å²) in [6.45, 7) is 6.22. The van der Waals surface area contributed by atoms with Gasteiger partial charge in [0.25, 0.3) is 5.91 Å². The lowest BCUT2D eigenvalue weighted by Crippen LogP contribution is -2.20. The van der Waals surface area contributed by atoms with Crippen LogP contribution in [0.2, 0.25) is 0 Å². The van der Waals surface area contributed by atoms with Crippen LogP contribution in [0.3, 0.4) is 0 Å². The number of nitrogens with zero attached hydrogens (tertiary/aromatic N) is 4. The summed E-state index contributed by atoms with van der Waals surface area (Å²) in [7, 11) is 0. The van der Waals surface area contributed by atoms with Crippen LogP contribution in [-0.4, -0.2) is 32.6 Å². The molecule has 3 aromatic carbocycles. The monoisotopic (exact) mass is 469 g/mol. The van der Waals surface area contributed by atoms with Gasteiger partial charge in [0.15, 0.2) is 11.0 Å². The first-order valence-corrected chi connectivity index (χ1v) is 12.1. The fraction of sp³-hybridized carbons (Fsp3) is 0.185. The number of aryl methyl sites for hydroxylation is 3. The Hall–Kier alpha value is -3.71. The molecule has 0 aliphatic heterocycles. The summed E-state index contributed by atoms with van der Waals surface area (Å²) in [4.78, 5) is 12.4. The summed E-state index contributed by atoms with van der Waals surface area (Å²) in [5.74, 6) is 0.700. The van der Waals surface area contributed by atoms with Crippen LogP contribution in [0.4, 0.5) is 0 Å². The van der Waals surface area contributed by atoms with Crippen LogP contribution in [0, 0.1) is 13.8 Å². The molecule has 0 unspecified atom stereocenters. The van der Waals surface area contributed by atoms with Crippen LogP contribution in [0.25, 0.3) is 17.1 Å². The summed E-state index contributed by atoms with van der Waals surface area (Å²) in [5, 5.41) is 13.6. The van der Waals surface area contributed by atoms with Crippen LogP contribution in [0.15, 0.2) is 83.1 Å². The van der Waals surface area contributed by atoms with Crippen molar-refractivity contribution < 1.29 is 4.79 Å². The number of thioether (sulfide) groups is 1. The Bertz CT molecular complexity index is 1280. The third-order valence-corrected chi connectivity index (χ3v) is 6.29. The predicted molar refractivity (Wildman–Crippen MR) is 139 cm³/mol. The molecule has 4 rings (SSSR count). The summed E-state index contributed by atoms with van der Waals surface area (Å²) in [6, 6.07) is 24.4. The molecule has 0 radical (unpaired) electrons. The van der Waals surface area contributed by atoms with E-state index in [1.165, 1.54) is 28.5 Å². The largest absolute Gasteiger partial charge is 0.272 e. The minimum Gasteiger partial charge on any atom is -0.272 e. The molecule has 0 saturated heterocycles. The Morgan fingerprint density at radius 2 is 1.59 bits per heavy atom. The molecule has 34 heavy (non-hydrogen) atoms. The number of amides is 1. The molecule has 1 heterocycles. The molecule has 172 valence electrons. The van der Waals surface area contributed by atoms with E-state index in [0.29, 0.717) is 5.16 Å². The SMILES string of the molecule is CCc1ccc(C=NNC(=O)CSc2nnc(-c3ccc(C)cc3)n2-c2ccc(C)cc2)cc1. The highest BCUT2D eigenvalue weighted by molar-refractivity contribution is 7.99. The first-order chi connectivity index (χ1) is 16.5. The van der Waals surface area contributed by atoms with E-state index in [1.54, 1.807) is 6.21 Å². The third kappa shape index (κ3) is 5.80. The molecule has 0 fully saturated rings. The second-order valence-electron chi connectivity index (χ2n) is 8.02. The van der Waals surface area contributed by atoms with Gasteiger partial charge >= 0.3 is 0 Å². The number of benzene rings is 3. The van der Waals surface area contributed by atoms with Crippen molar-refractivity contribution in [3.8, 4) is 17.1 Å². The van der Waals surface area contributed by atoms with Crippen LogP contribution in [0.1, 0.15) is 29.2 Å². The number of hydrazone groups is 1. The van der Waals surface area contributed by atoms with Gasteiger partial charge in [-0.05, 0) is 43.5 Å². The molecule has 6 nitrogen and oxygen atoms in total. The molecule has 1 amide bonds. The first kappa shape index (κ1) is 23.4. The smallest absolute Gasteiger partial charge is 0.250 e. The van der Waals surface area contributed by atoms with E-state index >= 15 is 0 Å². The summed E-state index contributed by atoms with van der Waals surface area (Å²) in [5.41, 5.74) is 9.06. The Balaban J connectivity index is 1.48. The van der Waals surface area contributed by atoms with Crippen molar-refractivity contribution >= 4 is 23.9 Å².